The molecule has 0 aromatic heterocycles. The number of carbonyl (C=O) groups is 1. The minimum Gasteiger partial charge on any atom is -0.469 e. The molecule has 0 radical (unpaired) electrons. The van der Waals surface area contributed by atoms with Crippen molar-refractivity contribution in [3.63, 3.8) is 0 Å². The lowest BCUT2D eigenvalue weighted by atomic mass is 10.1. The normalized spacial score (nSPS) is 10.1. The Balaban J connectivity index is 3.25. The third kappa shape index (κ3) is 10.7. The van der Waals surface area contributed by atoms with E-state index in [0.717, 1.165) is 31.3 Å². The van der Waals surface area contributed by atoms with Crippen LogP contribution in [0.1, 0.15) is 58.3 Å². The van der Waals surface area contributed by atoms with Crippen LogP contribution in [0.5, 0.6) is 0 Å². The van der Waals surface area contributed by atoms with Crippen molar-refractivity contribution >= 4 is 29.2 Å². The van der Waals surface area contributed by atoms with Gasteiger partial charge in [-0.2, -0.15) is 0 Å². The molecule has 0 bridgehead atoms. The number of methoxy groups -OCH3 is 1. The second-order valence-electron chi connectivity index (χ2n) is 4.24. The lowest BCUT2D eigenvalue weighted by Crippen LogP contribution is -1.99. The lowest BCUT2D eigenvalue weighted by Gasteiger charge is -2.02. The topological polar surface area (TPSA) is 26.3 Å². The average Bonchev–Trinajstić information content (AvgIpc) is 2.31. The highest BCUT2D eigenvalue weighted by molar-refractivity contribution is 6.56. The number of ether oxygens (including phenoxy) is 1. The summed E-state index contributed by atoms with van der Waals surface area (Å²) in [6, 6.07) is 0. The summed E-state index contributed by atoms with van der Waals surface area (Å²) in [5.74, 6) is -0.109. The highest BCUT2D eigenvalue weighted by Crippen LogP contribution is 2.19. The molecule has 0 saturated heterocycles. The van der Waals surface area contributed by atoms with Gasteiger partial charge >= 0.3 is 5.97 Å². The Labute approximate surface area is 114 Å². The van der Waals surface area contributed by atoms with Crippen LogP contribution in [-0.4, -0.2) is 13.1 Å². The molecule has 0 spiro atoms. The molecule has 0 aliphatic rings. The Morgan fingerprint density at radius 2 is 1.41 bits per heavy atom. The standard InChI is InChI=1S/C13H22Cl2O2/c1-11(13(14)15)9-7-5-3-4-6-8-10-12(16)17-2/h3-10H2,1-2H3. The van der Waals surface area contributed by atoms with E-state index in [1.54, 1.807) is 0 Å². The van der Waals surface area contributed by atoms with Crippen molar-refractivity contribution < 1.29 is 9.53 Å². The van der Waals surface area contributed by atoms with Gasteiger partial charge in [0.1, 0.15) is 4.49 Å². The van der Waals surface area contributed by atoms with Gasteiger partial charge in [0.25, 0.3) is 0 Å². The smallest absolute Gasteiger partial charge is 0.305 e. The van der Waals surface area contributed by atoms with Crippen molar-refractivity contribution in [3.05, 3.63) is 10.1 Å². The van der Waals surface area contributed by atoms with Crippen molar-refractivity contribution in [2.75, 3.05) is 7.11 Å². The maximum absolute atomic E-state index is 10.8. The zero-order valence-electron chi connectivity index (χ0n) is 10.7. The van der Waals surface area contributed by atoms with Gasteiger partial charge in [0.2, 0.25) is 0 Å². The summed E-state index contributed by atoms with van der Waals surface area (Å²) in [6.45, 7) is 1.96. The van der Waals surface area contributed by atoms with Crippen LogP contribution in [0.15, 0.2) is 10.1 Å². The molecule has 0 fully saturated rings. The molecule has 0 N–H and O–H groups in total. The third-order valence-corrected chi connectivity index (χ3v) is 3.38. The highest BCUT2D eigenvalue weighted by atomic mass is 35.5. The fraction of sp³-hybridized carbons (Fsp3) is 0.769. The minimum atomic E-state index is -0.109. The van der Waals surface area contributed by atoms with Gasteiger partial charge in [-0.1, -0.05) is 48.9 Å². The second-order valence-corrected chi connectivity index (χ2v) is 5.19. The molecule has 100 valence electrons. The first kappa shape index (κ1) is 16.8. The molecule has 0 heterocycles. The number of hydrogen-bond acceptors (Lipinski definition) is 2. The first-order chi connectivity index (χ1) is 8.07. The predicted octanol–water partition coefficient (Wildman–Crippen LogP) is 4.99. The second kappa shape index (κ2) is 10.9. The predicted molar refractivity (Wildman–Crippen MR) is 73.4 cm³/mol. The van der Waals surface area contributed by atoms with Crippen LogP contribution >= 0.6 is 23.2 Å². The molecular weight excluding hydrogens is 259 g/mol. The van der Waals surface area contributed by atoms with E-state index in [1.807, 2.05) is 6.92 Å². The zero-order valence-corrected chi connectivity index (χ0v) is 12.2. The molecule has 0 aliphatic carbocycles. The molecule has 4 heteroatoms. The van der Waals surface area contributed by atoms with Crippen LogP contribution in [0.3, 0.4) is 0 Å². The fourth-order valence-electron chi connectivity index (χ4n) is 1.56. The Morgan fingerprint density at radius 1 is 0.941 bits per heavy atom. The van der Waals surface area contributed by atoms with Gasteiger partial charge in [-0.05, 0) is 31.8 Å². The lowest BCUT2D eigenvalue weighted by molar-refractivity contribution is -0.140. The van der Waals surface area contributed by atoms with E-state index in [9.17, 15) is 4.79 Å². The van der Waals surface area contributed by atoms with E-state index >= 15 is 0 Å². The van der Waals surface area contributed by atoms with Crippen LogP contribution in [0, 0.1) is 0 Å². The maximum atomic E-state index is 10.8. The van der Waals surface area contributed by atoms with Gasteiger partial charge in [-0.15, -0.1) is 0 Å². The molecule has 0 amide bonds. The maximum Gasteiger partial charge on any atom is 0.305 e. The summed E-state index contributed by atoms with van der Waals surface area (Å²) in [4.78, 5) is 10.8. The van der Waals surface area contributed by atoms with E-state index in [1.165, 1.54) is 26.4 Å². The number of rotatable bonds is 9. The van der Waals surface area contributed by atoms with Crippen molar-refractivity contribution in [1.29, 1.82) is 0 Å². The van der Waals surface area contributed by atoms with E-state index < -0.39 is 0 Å². The van der Waals surface area contributed by atoms with Crippen molar-refractivity contribution in [2.24, 2.45) is 0 Å². The number of carbonyl (C=O) groups excluding carboxylic acids is 1. The molecule has 0 rings (SSSR count). The van der Waals surface area contributed by atoms with Gasteiger partial charge in [-0.3, -0.25) is 4.79 Å². The Bertz CT molecular complexity index is 246. The fourth-order valence-corrected chi connectivity index (χ4v) is 1.75. The van der Waals surface area contributed by atoms with Gasteiger partial charge in [0, 0.05) is 6.42 Å². The Morgan fingerprint density at radius 3 is 1.88 bits per heavy atom. The van der Waals surface area contributed by atoms with Crippen molar-refractivity contribution in [2.45, 2.75) is 58.3 Å². The van der Waals surface area contributed by atoms with E-state index in [2.05, 4.69) is 4.74 Å². The van der Waals surface area contributed by atoms with Gasteiger partial charge in [-0.25, -0.2) is 0 Å². The SMILES string of the molecule is COC(=O)CCCCCCCCC(C)=C(Cl)Cl. The van der Waals surface area contributed by atoms with E-state index in [4.69, 9.17) is 23.2 Å². The summed E-state index contributed by atoms with van der Waals surface area (Å²) >= 11 is 11.3. The molecule has 0 atom stereocenters. The molecule has 0 saturated carbocycles. The van der Waals surface area contributed by atoms with Gasteiger partial charge in [0.15, 0.2) is 0 Å². The molecular formula is C13H22Cl2O2. The monoisotopic (exact) mass is 280 g/mol. The van der Waals surface area contributed by atoms with Crippen LogP contribution in [0.25, 0.3) is 0 Å². The van der Waals surface area contributed by atoms with Crippen LogP contribution in [0.2, 0.25) is 0 Å². The van der Waals surface area contributed by atoms with Gasteiger partial charge in [0.05, 0.1) is 7.11 Å². The summed E-state index contributed by atoms with van der Waals surface area (Å²) < 4.78 is 4.98. The molecule has 0 unspecified atom stereocenters. The number of hydrogen-bond donors (Lipinski definition) is 0. The zero-order chi connectivity index (χ0) is 13.1. The van der Waals surface area contributed by atoms with Gasteiger partial charge < -0.3 is 4.74 Å². The third-order valence-electron chi connectivity index (χ3n) is 2.73. The minimum absolute atomic E-state index is 0.109. The van der Waals surface area contributed by atoms with Crippen LogP contribution < -0.4 is 0 Å². The van der Waals surface area contributed by atoms with Crippen LogP contribution in [0.4, 0.5) is 0 Å². The average molecular weight is 281 g/mol. The molecule has 0 aromatic rings. The molecule has 0 aromatic carbocycles. The van der Waals surface area contributed by atoms with E-state index in [0.29, 0.717) is 10.9 Å². The molecule has 0 aliphatic heterocycles. The first-order valence-corrected chi connectivity index (χ1v) is 6.91. The summed E-state index contributed by atoms with van der Waals surface area (Å²) in [5.41, 5.74) is 1.07. The molecule has 2 nitrogen and oxygen atoms in total. The number of allylic oxidation sites excluding steroid dienone is 1. The summed E-state index contributed by atoms with van der Waals surface area (Å²) in [5, 5.41) is 0. The number of halogens is 2. The quantitative estimate of drug-likeness (QED) is 0.439. The van der Waals surface area contributed by atoms with E-state index in [-0.39, 0.29) is 5.97 Å². The number of esters is 1. The van der Waals surface area contributed by atoms with Crippen molar-refractivity contribution in [1.82, 2.24) is 0 Å². The Kier molecular flexibility index (Phi) is 10.8. The Hall–Kier alpha value is -0.210. The largest absolute Gasteiger partial charge is 0.469 e. The summed E-state index contributed by atoms with van der Waals surface area (Å²) in [7, 11) is 1.43. The highest BCUT2D eigenvalue weighted by Gasteiger charge is 1.99. The molecule has 17 heavy (non-hydrogen) atoms. The summed E-state index contributed by atoms with van der Waals surface area (Å²) in [6.07, 6.45) is 8.25. The first-order valence-electron chi connectivity index (χ1n) is 6.15. The number of unbranched alkanes of at least 4 members (excludes halogenated alkanes) is 5. The van der Waals surface area contributed by atoms with Crippen molar-refractivity contribution in [3.8, 4) is 0 Å². The van der Waals surface area contributed by atoms with Crippen LogP contribution in [-0.2, 0) is 9.53 Å².